The molecule has 3 N–H and O–H groups in total. The Kier molecular flexibility index (Phi) is 4.94. The van der Waals surface area contributed by atoms with E-state index in [4.69, 9.17) is 5.11 Å². The van der Waals surface area contributed by atoms with Crippen LogP contribution in [0.5, 0.6) is 0 Å². The monoisotopic (exact) mass is 237 g/mol. The standard InChI is InChI=1S/C8H19N3O3S/c1-8(7-12)6-10-15(13,14)11-4-2-9-3-5-11/h8-10,12H,2-7H2,1H3. The van der Waals surface area contributed by atoms with E-state index in [-0.39, 0.29) is 19.1 Å². The van der Waals surface area contributed by atoms with Gasteiger partial charge < -0.3 is 10.4 Å². The minimum absolute atomic E-state index is 0.00985. The molecule has 7 heteroatoms. The Morgan fingerprint density at radius 3 is 2.60 bits per heavy atom. The van der Waals surface area contributed by atoms with E-state index in [1.165, 1.54) is 4.31 Å². The number of hydrogen-bond donors (Lipinski definition) is 3. The molecule has 0 amide bonds. The fraction of sp³-hybridized carbons (Fsp3) is 1.00. The molecule has 0 aromatic heterocycles. The molecule has 1 rings (SSSR count). The molecule has 1 aliphatic heterocycles. The zero-order valence-corrected chi connectivity index (χ0v) is 9.76. The molecule has 0 aromatic carbocycles. The maximum Gasteiger partial charge on any atom is 0.279 e. The number of hydrogen-bond acceptors (Lipinski definition) is 4. The van der Waals surface area contributed by atoms with Gasteiger partial charge in [0.25, 0.3) is 10.2 Å². The molecule has 0 bridgehead atoms. The molecular formula is C8H19N3O3S. The lowest BCUT2D eigenvalue weighted by Gasteiger charge is -2.27. The van der Waals surface area contributed by atoms with Crippen LogP contribution >= 0.6 is 0 Å². The van der Waals surface area contributed by atoms with E-state index in [0.717, 1.165) is 0 Å². The summed E-state index contributed by atoms with van der Waals surface area (Å²) in [6.07, 6.45) is 0. The van der Waals surface area contributed by atoms with Crippen LogP contribution in [0.3, 0.4) is 0 Å². The Bertz CT molecular complexity index is 275. The molecule has 0 spiro atoms. The van der Waals surface area contributed by atoms with Crippen LogP contribution in [-0.4, -0.2) is 57.2 Å². The molecule has 1 aliphatic rings. The predicted molar refractivity (Wildman–Crippen MR) is 57.6 cm³/mol. The first-order valence-electron chi connectivity index (χ1n) is 5.12. The summed E-state index contributed by atoms with van der Waals surface area (Å²) in [5.74, 6) is -0.0531. The Balaban J connectivity index is 2.43. The van der Waals surface area contributed by atoms with Crippen molar-refractivity contribution in [1.29, 1.82) is 0 Å². The lowest BCUT2D eigenvalue weighted by atomic mass is 10.2. The molecule has 0 aromatic rings. The Morgan fingerprint density at radius 1 is 1.47 bits per heavy atom. The Hall–Kier alpha value is -0.210. The molecule has 1 saturated heterocycles. The van der Waals surface area contributed by atoms with E-state index in [0.29, 0.717) is 26.2 Å². The second kappa shape index (κ2) is 5.76. The first-order chi connectivity index (χ1) is 7.06. The normalized spacial score (nSPS) is 21.5. The molecular weight excluding hydrogens is 218 g/mol. The van der Waals surface area contributed by atoms with Gasteiger partial charge in [0.1, 0.15) is 0 Å². The number of aliphatic hydroxyl groups is 1. The van der Waals surface area contributed by atoms with Crippen molar-refractivity contribution in [3.8, 4) is 0 Å². The van der Waals surface area contributed by atoms with Crippen LogP contribution in [0.2, 0.25) is 0 Å². The van der Waals surface area contributed by atoms with Crippen molar-refractivity contribution in [2.75, 3.05) is 39.3 Å². The van der Waals surface area contributed by atoms with Crippen LogP contribution in [0.1, 0.15) is 6.92 Å². The van der Waals surface area contributed by atoms with Crippen molar-refractivity contribution < 1.29 is 13.5 Å². The van der Waals surface area contributed by atoms with Crippen molar-refractivity contribution in [1.82, 2.24) is 14.3 Å². The van der Waals surface area contributed by atoms with Crippen LogP contribution in [0, 0.1) is 5.92 Å². The predicted octanol–water partition coefficient (Wildman–Crippen LogP) is -1.65. The Morgan fingerprint density at radius 2 is 2.07 bits per heavy atom. The molecule has 0 radical (unpaired) electrons. The smallest absolute Gasteiger partial charge is 0.279 e. The van der Waals surface area contributed by atoms with Crippen LogP contribution < -0.4 is 10.0 Å². The van der Waals surface area contributed by atoms with Crippen molar-refractivity contribution in [3.63, 3.8) is 0 Å². The lowest BCUT2D eigenvalue weighted by Crippen LogP contribution is -2.51. The summed E-state index contributed by atoms with van der Waals surface area (Å²) in [6, 6.07) is 0. The van der Waals surface area contributed by atoms with Crippen molar-refractivity contribution in [3.05, 3.63) is 0 Å². The maximum atomic E-state index is 11.7. The van der Waals surface area contributed by atoms with E-state index in [1.807, 2.05) is 0 Å². The minimum atomic E-state index is -3.36. The van der Waals surface area contributed by atoms with E-state index in [1.54, 1.807) is 6.92 Å². The van der Waals surface area contributed by atoms with Crippen molar-refractivity contribution >= 4 is 10.2 Å². The quantitative estimate of drug-likeness (QED) is 0.535. The molecule has 0 saturated carbocycles. The van der Waals surface area contributed by atoms with Gasteiger partial charge in [0.15, 0.2) is 0 Å². The summed E-state index contributed by atoms with van der Waals surface area (Å²) in [6.45, 7) is 4.45. The third-order valence-corrected chi connectivity index (χ3v) is 3.92. The topological polar surface area (TPSA) is 81.7 Å². The van der Waals surface area contributed by atoms with Crippen LogP contribution in [-0.2, 0) is 10.2 Å². The van der Waals surface area contributed by atoms with Crippen LogP contribution in [0.15, 0.2) is 0 Å². The summed E-state index contributed by atoms with van der Waals surface area (Å²) in [5, 5.41) is 11.9. The van der Waals surface area contributed by atoms with Gasteiger partial charge in [-0.05, 0) is 5.92 Å². The van der Waals surface area contributed by atoms with Gasteiger partial charge in [-0.2, -0.15) is 12.7 Å². The van der Waals surface area contributed by atoms with Gasteiger partial charge in [-0.1, -0.05) is 6.92 Å². The van der Waals surface area contributed by atoms with Gasteiger partial charge >= 0.3 is 0 Å². The summed E-state index contributed by atoms with van der Waals surface area (Å²) in [5.41, 5.74) is 0. The highest BCUT2D eigenvalue weighted by molar-refractivity contribution is 7.87. The van der Waals surface area contributed by atoms with Crippen molar-refractivity contribution in [2.24, 2.45) is 5.92 Å². The molecule has 15 heavy (non-hydrogen) atoms. The van der Waals surface area contributed by atoms with Gasteiger partial charge in [-0.25, -0.2) is 4.72 Å². The van der Waals surface area contributed by atoms with E-state index in [2.05, 4.69) is 10.0 Å². The van der Waals surface area contributed by atoms with E-state index in [9.17, 15) is 8.42 Å². The third-order valence-electron chi connectivity index (χ3n) is 2.34. The zero-order chi connectivity index (χ0) is 11.3. The summed E-state index contributed by atoms with van der Waals surface area (Å²) >= 11 is 0. The lowest BCUT2D eigenvalue weighted by molar-refractivity contribution is 0.237. The van der Waals surface area contributed by atoms with Crippen molar-refractivity contribution in [2.45, 2.75) is 6.92 Å². The number of nitrogens with zero attached hydrogens (tertiary/aromatic N) is 1. The van der Waals surface area contributed by atoms with E-state index >= 15 is 0 Å². The van der Waals surface area contributed by atoms with E-state index < -0.39 is 10.2 Å². The fourth-order valence-electron chi connectivity index (χ4n) is 1.29. The fourth-order valence-corrected chi connectivity index (χ4v) is 2.63. The molecule has 1 unspecified atom stereocenters. The highest BCUT2D eigenvalue weighted by Crippen LogP contribution is 2.01. The third kappa shape index (κ3) is 4.04. The largest absolute Gasteiger partial charge is 0.396 e. The average Bonchev–Trinajstić information content (AvgIpc) is 2.27. The van der Waals surface area contributed by atoms with Gasteiger partial charge in [0.2, 0.25) is 0 Å². The second-order valence-electron chi connectivity index (χ2n) is 3.79. The molecule has 6 nitrogen and oxygen atoms in total. The number of nitrogens with one attached hydrogen (secondary N) is 2. The number of aliphatic hydroxyl groups excluding tert-OH is 1. The van der Waals surface area contributed by atoms with Gasteiger partial charge in [-0.15, -0.1) is 0 Å². The van der Waals surface area contributed by atoms with Crippen LogP contribution in [0.25, 0.3) is 0 Å². The van der Waals surface area contributed by atoms with Gasteiger partial charge in [0, 0.05) is 39.3 Å². The second-order valence-corrected chi connectivity index (χ2v) is 5.55. The molecule has 90 valence electrons. The molecule has 1 heterocycles. The molecule has 1 fully saturated rings. The summed E-state index contributed by atoms with van der Waals surface area (Å²) in [7, 11) is -3.36. The highest BCUT2D eigenvalue weighted by atomic mass is 32.2. The average molecular weight is 237 g/mol. The highest BCUT2D eigenvalue weighted by Gasteiger charge is 2.23. The minimum Gasteiger partial charge on any atom is -0.396 e. The summed E-state index contributed by atoms with van der Waals surface area (Å²) in [4.78, 5) is 0. The first-order valence-corrected chi connectivity index (χ1v) is 6.56. The number of rotatable bonds is 5. The van der Waals surface area contributed by atoms with Gasteiger partial charge in [-0.3, -0.25) is 0 Å². The summed E-state index contributed by atoms with van der Waals surface area (Å²) < 4.78 is 27.3. The molecule has 1 atom stereocenters. The maximum absolute atomic E-state index is 11.7. The zero-order valence-electron chi connectivity index (χ0n) is 8.94. The first kappa shape index (κ1) is 12.9. The van der Waals surface area contributed by atoms with Crippen LogP contribution in [0.4, 0.5) is 0 Å². The Labute approximate surface area is 90.8 Å². The SMILES string of the molecule is CC(CO)CNS(=O)(=O)N1CCNCC1. The molecule has 0 aliphatic carbocycles. The van der Waals surface area contributed by atoms with Gasteiger partial charge in [0.05, 0.1) is 0 Å². The number of piperazine rings is 1.